The highest BCUT2D eigenvalue weighted by atomic mass is 32.2. The summed E-state index contributed by atoms with van der Waals surface area (Å²) >= 11 is 0. The molecule has 0 amide bonds. The number of rotatable bonds is 8. The van der Waals surface area contributed by atoms with Crippen LogP contribution in [0.2, 0.25) is 0 Å². The van der Waals surface area contributed by atoms with Crippen LogP contribution in [0.3, 0.4) is 0 Å². The maximum absolute atomic E-state index is 11.4. The van der Waals surface area contributed by atoms with Gasteiger partial charge in [0, 0.05) is 13.7 Å². The Balaban J connectivity index is 2.46. The largest absolute Gasteiger partial charge is 0.475 e. The summed E-state index contributed by atoms with van der Waals surface area (Å²) in [5.74, 6) is -1.23. The lowest BCUT2D eigenvalue weighted by atomic mass is 10.4. The molecule has 18 heavy (non-hydrogen) atoms. The van der Waals surface area contributed by atoms with Gasteiger partial charge < -0.3 is 14.3 Å². The number of hydrogen-bond acceptors (Lipinski definition) is 5. The van der Waals surface area contributed by atoms with E-state index in [2.05, 4.69) is 9.44 Å². The van der Waals surface area contributed by atoms with Crippen molar-refractivity contribution in [3.8, 4) is 0 Å². The molecule has 0 bridgehead atoms. The second-order valence-corrected chi connectivity index (χ2v) is 4.87. The van der Waals surface area contributed by atoms with Crippen LogP contribution in [0.25, 0.3) is 0 Å². The van der Waals surface area contributed by atoms with E-state index in [1.165, 1.54) is 19.2 Å². The molecule has 0 fully saturated rings. The van der Waals surface area contributed by atoms with Crippen LogP contribution in [-0.4, -0.2) is 39.8 Å². The fourth-order valence-electron chi connectivity index (χ4n) is 1.08. The topological polar surface area (TPSA) is 118 Å². The van der Waals surface area contributed by atoms with Crippen LogP contribution in [0, 0.1) is 0 Å². The first kappa shape index (κ1) is 14.6. The van der Waals surface area contributed by atoms with E-state index < -0.39 is 16.2 Å². The third kappa shape index (κ3) is 4.84. The smallest absolute Gasteiger partial charge is 0.371 e. The average Bonchev–Trinajstić information content (AvgIpc) is 2.75. The molecule has 3 N–H and O–H groups in total. The van der Waals surface area contributed by atoms with Crippen molar-refractivity contribution in [1.29, 1.82) is 0 Å². The predicted octanol–water partition coefficient (Wildman–Crippen LogP) is -0.452. The van der Waals surface area contributed by atoms with Crippen molar-refractivity contribution in [3.05, 3.63) is 23.7 Å². The van der Waals surface area contributed by atoms with E-state index in [0.29, 0.717) is 0 Å². The van der Waals surface area contributed by atoms with Crippen LogP contribution in [0.5, 0.6) is 0 Å². The fraction of sp³-hybridized carbons (Fsp3) is 0.444. The van der Waals surface area contributed by atoms with Gasteiger partial charge in [0.1, 0.15) is 5.76 Å². The van der Waals surface area contributed by atoms with Crippen molar-refractivity contribution < 1.29 is 27.5 Å². The Labute approximate surface area is 104 Å². The van der Waals surface area contributed by atoms with Gasteiger partial charge >= 0.3 is 5.97 Å². The molecule has 1 aromatic rings. The van der Waals surface area contributed by atoms with Gasteiger partial charge in [-0.2, -0.15) is 17.9 Å². The molecule has 0 unspecified atom stereocenters. The number of methoxy groups -OCH3 is 1. The molecule has 0 aliphatic carbocycles. The highest BCUT2D eigenvalue weighted by Gasteiger charge is 2.12. The zero-order valence-electron chi connectivity index (χ0n) is 9.67. The molecule has 0 spiro atoms. The maximum Gasteiger partial charge on any atom is 0.371 e. The minimum absolute atomic E-state index is 0.129. The molecule has 102 valence electrons. The summed E-state index contributed by atoms with van der Waals surface area (Å²) < 4.78 is 36.8. The summed E-state index contributed by atoms with van der Waals surface area (Å²) in [7, 11) is -2.19. The molecule has 1 heterocycles. The van der Waals surface area contributed by atoms with E-state index >= 15 is 0 Å². The standard InChI is InChI=1S/C9H14N2O6S/c1-16-5-4-10-18(14,15)11-6-7-2-3-8(17-7)9(12)13/h2-3,10-11H,4-6H2,1H3,(H,12,13). The average molecular weight is 278 g/mol. The molecule has 9 heteroatoms. The van der Waals surface area contributed by atoms with Crippen molar-refractivity contribution in [3.63, 3.8) is 0 Å². The first-order valence-electron chi connectivity index (χ1n) is 5.00. The normalized spacial score (nSPS) is 11.6. The molecule has 0 aliphatic heterocycles. The molecule has 0 saturated heterocycles. The van der Waals surface area contributed by atoms with Crippen LogP contribution in [-0.2, 0) is 21.5 Å². The van der Waals surface area contributed by atoms with Gasteiger partial charge in [0.2, 0.25) is 5.76 Å². The Morgan fingerprint density at radius 3 is 2.72 bits per heavy atom. The van der Waals surface area contributed by atoms with E-state index in [9.17, 15) is 13.2 Å². The lowest BCUT2D eigenvalue weighted by Gasteiger charge is -2.06. The van der Waals surface area contributed by atoms with E-state index in [1.54, 1.807) is 0 Å². The highest BCUT2D eigenvalue weighted by Crippen LogP contribution is 2.07. The van der Waals surface area contributed by atoms with Gasteiger partial charge in [-0.15, -0.1) is 0 Å². The molecular weight excluding hydrogens is 264 g/mol. The second kappa shape index (κ2) is 6.50. The van der Waals surface area contributed by atoms with Crippen LogP contribution in [0.4, 0.5) is 0 Å². The summed E-state index contributed by atoms with van der Waals surface area (Å²) in [4.78, 5) is 10.5. The lowest BCUT2D eigenvalue weighted by Crippen LogP contribution is -2.37. The van der Waals surface area contributed by atoms with Gasteiger partial charge in [0.05, 0.1) is 13.2 Å². The Morgan fingerprint density at radius 2 is 2.17 bits per heavy atom. The van der Waals surface area contributed by atoms with E-state index in [1.807, 2.05) is 0 Å². The van der Waals surface area contributed by atoms with Crippen molar-refractivity contribution in [2.45, 2.75) is 6.54 Å². The minimum Gasteiger partial charge on any atom is -0.475 e. The number of aromatic carboxylic acids is 1. The molecule has 0 radical (unpaired) electrons. The van der Waals surface area contributed by atoms with Crippen LogP contribution < -0.4 is 9.44 Å². The van der Waals surface area contributed by atoms with Crippen molar-refractivity contribution in [1.82, 2.24) is 9.44 Å². The molecule has 8 nitrogen and oxygen atoms in total. The predicted molar refractivity (Wildman–Crippen MR) is 61.3 cm³/mol. The first-order valence-corrected chi connectivity index (χ1v) is 6.48. The number of furan rings is 1. The lowest BCUT2D eigenvalue weighted by molar-refractivity contribution is 0.0660. The Hall–Kier alpha value is -1.42. The second-order valence-electron chi connectivity index (χ2n) is 3.28. The van der Waals surface area contributed by atoms with Crippen LogP contribution in [0.15, 0.2) is 16.5 Å². The van der Waals surface area contributed by atoms with Crippen molar-refractivity contribution in [2.75, 3.05) is 20.3 Å². The molecular formula is C9H14N2O6S. The zero-order valence-corrected chi connectivity index (χ0v) is 10.5. The number of carboxylic acid groups (broad SMARTS) is 1. The van der Waals surface area contributed by atoms with Gasteiger partial charge in [-0.05, 0) is 12.1 Å². The Kier molecular flexibility index (Phi) is 5.28. The number of ether oxygens (including phenoxy) is 1. The van der Waals surface area contributed by atoms with Crippen LogP contribution >= 0.6 is 0 Å². The Bertz CT molecular complexity index is 495. The number of nitrogens with one attached hydrogen (secondary N) is 2. The zero-order chi connectivity index (χ0) is 13.6. The molecule has 1 rings (SSSR count). The van der Waals surface area contributed by atoms with Gasteiger partial charge in [-0.1, -0.05) is 0 Å². The number of carbonyl (C=O) groups is 1. The third-order valence-electron chi connectivity index (χ3n) is 1.91. The van der Waals surface area contributed by atoms with Gasteiger partial charge in [0.25, 0.3) is 10.2 Å². The van der Waals surface area contributed by atoms with Gasteiger partial charge in [-0.25, -0.2) is 4.79 Å². The van der Waals surface area contributed by atoms with Crippen LogP contribution in [0.1, 0.15) is 16.3 Å². The SMILES string of the molecule is COCCNS(=O)(=O)NCc1ccc(C(=O)O)o1. The fourth-order valence-corrected chi connectivity index (χ4v) is 1.87. The maximum atomic E-state index is 11.4. The summed E-state index contributed by atoms with van der Waals surface area (Å²) in [5, 5.41) is 8.61. The van der Waals surface area contributed by atoms with Gasteiger partial charge in [-0.3, -0.25) is 0 Å². The van der Waals surface area contributed by atoms with E-state index in [0.717, 1.165) is 0 Å². The highest BCUT2D eigenvalue weighted by molar-refractivity contribution is 7.87. The van der Waals surface area contributed by atoms with E-state index in [4.69, 9.17) is 14.3 Å². The summed E-state index contributed by atoms with van der Waals surface area (Å²) in [6, 6.07) is 2.64. The molecule has 1 aromatic heterocycles. The van der Waals surface area contributed by atoms with Crippen molar-refractivity contribution >= 4 is 16.2 Å². The summed E-state index contributed by atoms with van der Waals surface area (Å²) in [6.45, 7) is 0.269. The Morgan fingerprint density at radius 1 is 1.44 bits per heavy atom. The minimum atomic E-state index is -3.65. The third-order valence-corrected chi connectivity index (χ3v) is 3.02. The van der Waals surface area contributed by atoms with Crippen molar-refractivity contribution in [2.24, 2.45) is 0 Å². The number of carboxylic acids is 1. The summed E-state index contributed by atoms with van der Waals surface area (Å²) in [5.41, 5.74) is 0. The summed E-state index contributed by atoms with van der Waals surface area (Å²) in [6.07, 6.45) is 0. The molecule has 0 atom stereocenters. The molecule has 0 aromatic carbocycles. The number of hydrogen-bond donors (Lipinski definition) is 3. The first-order chi connectivity index (χ1) is 8.44. The monoisotopic (exact) mass is 278 g/mol. The molecule has 0 saturated carbocycles. The van der Waals surface area contributed by atoms with E-state index in [-0.39, 0.29) is 31.2 Å². The quantitative estimate of drug-likeness (QED) is 0.554. The molecule has 0 aliphatic rings. The van der Waals surface area contributed by atoms with Gasteiger partial charge in [0.15, 0.2) is 0 Å².